The van der Waals surface area contributed by atoms with Gasteiger partial charge in [-0.15, -0.1) is 45.3 Å². The first-order chi connectivity index (χ1) is 37.8. The fourth-order valence-corrected chi connectivity index (χ4v) is 14.6. The molecule has 0 aliphatic carbocycles. The molecule has 0 spiro atoms. The smallest absolute Gasteiger partial charge is 0.410 e. The van der Waals surface area contributed by atoms with Gasteiger partial charge in [-0.1, -0.05) is 27.7 Å². The van der Waals surface area contributed by atoms with Crippen LogP contribution in [-0.4, -0.2) is 113 Å². The van der Waals surface area contributed by atoms with Gasteiger partial charge in [0.15, 0.2) is 0 Å². The zero-order valence-corrected chi connectivity index (χ0v) is 55.0. The van der Waals surface area contributed by atoms with E-state index in [2.05, 4.69) is 71.7 Å². The van der Waals surface area contributed by atoms with Crippen LogP contribution >= 0.6 is 61.3 Å². The Balaban J connectivity index is 0.000000200. The topological polar surface area (TPSA) is 196 Å². The van der Waals surface area contributed by atoms with Crippen LogP contribution in [-0.2, 0) is 14.2 Å². The van der Waals surface area contributed by atoms with E-state index in [0.29, 0.717) is 46.6 Å². The third-order valence-corrected chi connectivity index (χ3v) is 19.2. The number of rotatable bonds is 7. The number of aromatic carboxylic acids is 1. The fraction of sp³-hybridized carbons (Fsp3) is 0.633. The number of ether oxygens (including phenoxy) is 3. The van der Waals surface area contributed by atoms with Crippen molar-refractivity contribution in [3.63, 3.8) is 0 Å². The van der Waals surface area contributed by atoms with Gasteiger partial charge in [-0.25, -0.2) is 19.2 Å². The van der Waals surface area contributed by atoms with Gasteiger partial charge in [0, 0.05) is 59.3 Å². The van der Waals surface area contributed by atoms with E-state index in [0.717, 1.165) is 76.0 Å². The zero-order chi connectivity index (χ0) is 60.1. The second kappa shape index (κ2) is 29.8. The molecule has 4 aliphatic rings. The molecule has 0 saturated carbocycles. The molecule has 4 aliphatic heterocycles. The Morgan fingerprint density at radius 1 is 0.494 bits per heavy atom. The molecule has 16 nitrogen and oxygen atoms in total. The van der Waals surface area contributed by atoms with Gasteiger partial charge in [-0.05, 0) is 208 Å². The minimum atomic E-state index is -0.927. The summed E-state index contributed by atoms with van der Waals surface area (Å²) in [5, 5.41) is 17.9. The number of nitrogens with one attached hydrogen (secondary N) is 3. The number of halogens is 1. The molecule has 0 bridgehead atoms. The highest BCUT2D eigenvalue weighted by Gasteiger charge is 2.38. The van der Waals surface area contributed by atoms with Gasteiger partial charge in [0.25, 0.3) is 11.8 Å². The van der Waals surface area contributed by atoms with E-state index in [9.17, 15) is 28.8 Å². The maximum atomic E-state index is 12.6. The Morgan fingerprint density at radius 2 is 0.827 bits per heavy atom. The molecule has 4 aromatic heterocycles. The van der Waals surface area contributed by atoms with Crippen molar-refractivity contribution in [3.8, 4) is 0 Å². The van der Waals surface area contributed by atoms with E-state index in [1.54, 1.807) is 47.7 Å². The van der Waals surface area contributed by atoms with Crippen molar-refractivity contribution in [2.45, 2.75) is 182 Å². The summed E-state index contributed by atoms with van der Waals surface area (Å²) in [4.78, 5) is 83.5. The number of likely N-dealkylation sites (tertiary alicyclic amines) is 3. The Morgan fingerprint density at radius 3 is 1.15 bits per heavy atom. The number of amides is 5. The molecule has 8 atom stereocenters. The van der Waals surface area contributed by atoms with Crippen LogP contribution < -0.4 is 16.0 Å². The first-order valence-electron chi connectivity index (χ1n) is 28.3. The minimum absolute atomic E-state index is 0.00976. The molecule has 8 rings (SSSR count). The molecular weight excluding hydrogens is 1170 g/mol. The van der Waals surface area contributed by atoms with Gasteiger partial charge < -0.3 is 50.0 Å². The number of hydrogen-bond donors (Lipinski definition) is 4. The number of thiophene rings is 4. The van der Waals surface area contributed by atoms with Crippen LogP contribution in [0.4, 0.5) is 14.4 Å². The fourth-order valence-electron chi connectivity index (χ4n) is 9.87. The van der Waals surface area contributed by atoms with Crippen molar-refractivity contribution in [2.75, 3.05) is 40.3 Å². The van der Waals surface area contributed by atoms with E-state index < -0.39 is 22.8 Å². The van der Waals surface area contributed by atoms with E-state index in [-0.39, 0.29) is 48.2 Å². The van der Waals surface area contributed by atoms with Crippen molar-refractivity contribution in [1.82, 2.24) is 30.7 Å². The van der Waals surface area contributed by atoms with Gasteiger partial charge in [0.05, 0.1) is 31.7 Å². The zero-order valence-electron chi connectivity index (χ0n) is 50.2. The van der Waals surface area contributed by atoms with Crippen LogP contribution in [0.3, 0.4) is 0 Å². The van der Waals surface area contributed by atoms with Gasteiger partial charge in [-0.3, -0.25) is 9.59 Å². The highest BCUT2D eigenvalue weighted by molar-refractivity contribution is 9.11. The lowest BCUT2D eigenvalue weighted by Gasteiger charge is -2.38. The van der Waals surface area contributed by atoms with Crippen molar-refractivity contribution in [1.29, 1.82) is 0 Å². The second-order valence-electron chi connectivity index (χ2n) is 24.8. The quantitative estimate of drug-likeness (QED) is 0.129. The molecular formula is C60H89BrN6O10S4. The van der Waals surface area contributed by atoms with E-state index >= 15 is 0 Å². The molecule has 8 heterocycles. The second-order valence-corrected chi connectivity index (χ2v) is 30.7. The number of carbonyl (C=O) groups excluding carboxylic acids is 5. The number of piperidine rings is 4. The molecule has 5 amide bonds. The van der Waals surface area contributed by atoms with Crippen LogP contribution in [0.2, 0.25) is 0 Å². The summed E-state index contributed by atoms with van der Waals surface area (Å²) < 4.78 is 17.7. The molecule has 0 radical (unpaired) electrons. The summed E-state index contributed by atoms with van der Waals surface area (Å²) in [7, 11) is 3.29. The largest absolute Gasteiger partial charge is 0.477 e. The summed E-state index contributed by atoms with van der Waals surface area (Å²) in [6.45, 7) is 28.8. The number of carbonyl (C=O) groups is 6. The Kier molecular flexibility index (Phi) is 24.8. The lowest BCUT2D eigenvalue weighted by Crippen LogP contribution is -2.44. The average molecular weight is 1260 g/mol. The molecule has 21 heteroatoms. The predicted molar refractivity (Wildman–Crippen MR) is 330 cm³/mol. The third-order valence-electron chi connectivity index (χ3n) is 13.9. The molecule has 0 aromatic carbocycles. The van der Waals surface area contributed by atoms with Gasteiger partial charge in [0.1, 0.15) is 21.7 Å². The molecule has 4 aromatic rings. The predicted octanol–water partition coefficient (Wildman–Crippen LogP) is 15.4. The van der Waals surface area contributed by atoms with Gasteiger partial charge >= 0.3 is 24.2 Å². The maximum Gasteiger partial charge on any atom is 0.410 e. The first kappa shape index (κ1) is 67.3. The summed E-state index contributed by atoms with van der Waals surface area (Å²) in [5.74, 6) is 1.18. The van der Waals surface area contributed by atoms with Crippen LogP contribution in [0.25, 0.3) is 0 Å². The molecule has 4 fully saturated rings. The Bertz CT molecular complexity index is 2710. The Hall–Kier alpha value is -4.54. The normalized spacial score (nSPS) is 23.2. The first-order valence-corrected chi connectivity index (χ1v) is 32.3. The molecule has 4 N–H and O–H groups in total. The van der Waals surface area contributed by atoms with Crippen molar-refractivity contribution in [2.24, 2.45) is 23.7 Å². The molecule has 4 saturated heterocycles. The standard InChI is InChI=1S/C17H26N2O3S.C16H23NO4S.C15H22BrNO2S.C12H18N2OS/c1-11-6-7-12(13-8-9-14(23-13)15(20)18-5)19(10-11)16(21)22-17(2,3)4;1-10-5-6-11(12-7-8-13(22-12)14(18)19)17(9-10)15(20)21-16(2,3)4;1-10-5-6-11(12-7-8-13(16)20-12)17(9-10)14(18)19-15(2,3)4;1-8-3-4-9(14-7-8)10-5-6-11(16-10)12(15)13-2/h8-9,11-12H,6-7,10H2,1-5H3,(H,18,20);7-8,10-11H,5-6,9H2,1-4H3,(H,18,19);7-8,10-11H,5-6,9H2,1-4H3;5-6,8-9,14H,3-4,7H2,1-2H3,(H,13,15)/t11-,12+;2*10-,11+;8-,9+/m1111/s1. The summed E-state index contributed by atoms with van der Waals surface area (Å²) >= 11 is 9.49. The van der Waals surface area contributed by atoms with Crippen molar-refractivity contribution >= 4 is 97.3 Å². The molecule has 0 unspecified atom stereocenters. The van der Waals surface area contributed by atoms with E-state index in [1.807, 2.05) is 102 Å². The number of carboxylic acids is 1. The summed E-state index contributed by atoms with van der Waals surface area (Å²) in [6, 6.07) is 15.8. The van der Waals surface area contributed by atoms with Gasteiger partial charge in [0.2, 0.25) is 0 Å². The van der Waals surface area contributed by atoms with Crippen molar-refractivity contribution < 1.29 is 48.1 Å². The minimum Gasteiger partial charge on any atom is -0.477 e. The summed E-state index contributed by atoms with van der Waals surface area (Å²) in [6.07, 6.45) is 7.62. The third kappa shape index (κ3) is 20.9. The molecule has 450 valence electrons. The van der Waals surface area contributed by atoms with E-state index in [4.69, 9.17) is 19.3 Å². The molecule has 81 heavy (non-hydrogen) atoms. The van der Waals surface area contributed by atoms with E-state index in [1.165, 1.54) is 45.3 Å². The van der Waals surface area contributed by atoms with Crippen LogP contribution in [0.15, 0.2) is 52.3 Å². The number of carboxylic acid groups (broad SMARTS) is 1. The van der Waals surface area contributed by atoms with Crippen LogP contribution in [0, 0.1) is 23.7 Å². The monoisotopic (exact) mass is 1260 g/mol. The average Bonchev–Trinajstić information content (AvgIpc) is 4.25. The lowest BCUT2D eigenvalue weighted by atomic mass is 9.93. The Labute approximate surface area is 505 Å². The number of nitrogens with zero attached hydrogens (tertiary/aromatic N) is 3. The lowest BCUT2D eigenvalue weighted by molar-refractivity contribution is 0.00323. The highest BCUT2D eigenvalue weighted by Crippen LogP contribution is 2.41. The van der Waals surface area contributed by atoms with Crippen LogP contribution in [0.5, 0.6) is 0 Å². The van der Waals surface area contributed by atoms with Crippen molar-refractivity contribution in [3.05, 3.63) is 86.5 Å². The summed E-state index contributed by atoms with van der Waals surface area (Å²) in [5.41, 5.74) is -1.49. The maximum absolute atomic E-state index is 12.6. The van der Waals surface area contributed by atoms with Gasteiger partial charge in [-0.2, -0.15) is 0 Å². The number of hydrogen-bond acceptors (Lipinski definition) is 14. The van der Waals surface area contributed by atoms with Crippen LogP contribution in [0.1, 0.15) is 214 Å². The highest BCUT2D eigenvalue weighted by atomic mass is 79.9. The SMILES string of the molecule is CNC(=O)c1ccc([C@@H]2CC[C@@H](C)CN2)s1.CNC(=O)c1ccc([C@@H]2CC[C@@H](C)CN2C(=O)OC(C)(C)C)s1.C[C@@H]1CC[C@@H](c2ccc(Br)s2)N(C(=O)OC(C)(C)C)C1.C[C@@H]1CC[C@@H](c2ccc(C(=O)O)s2)N(C(=O)OC(C)(C)C)C1.